The molecule has 0 unspecified atom stereocenters. The molecule has 3 rings (SSSR count). The van der Waals surface area contributed by atoms with Gasteiger partial charge >= 0.3 is 12.1 Å². The van der Waals surface area contributed by atoms with Gasteiger partial charge in [-0.15, -0.1) is 0 Å². The fraction of sp³-hybridized carbons (Fsp3) is 0.188. The monoisotopic (exact) mass is 335 g/mol. The van der Waals surface area contributed by atoms with Gasteiger partial charge in [-0.25, -0.2) is 4.52 Å². The lowest BCUT2D eigenvalue weighted by atomic mass is 10.0. The lowest BCUT2D eigenvalue weighted by Crippen LogP contribution is -2.08. The maximum absolute atomic E-state index is 13.2. The minimum Gasteiger partial charge on any atom is -0.469 e. The van der Waals surface area contributed by atoms with Crippen LogP contribution in [0.2, 0.25) is 0 Å². The average molecular weight is 335 g/mol. The number of methoxy groups -OCH3 is 1. The van der Waals surface area contributed by atoms with E-state index in [1.807, 2.05) is 0 Å². The van der Waals surface area contributed by atoms with Gasteiger partial charge in [0.15, 0.2) is 0 Å². The van der Waals surface area contributed by atoms with E-state index in [1.165, 1.54) is 36.2 Å². The second-order valence-electron chi connectivity index (χ2n) is 5.09. The van der Waals surface area contributed by atoms with Crippen LogP contribution in [0.1, 0.15) is 11.1 Å². The van der Waals surface area contributed by atoms with Crippen molar-refractivity contribution in [2.75, 3.05) is 7.11 Å². The van der Waals surface area contributed by atoms with Gasteiger partial charge in [0.2, 0.25) is 0 Å². The molecule has 0 amide bonds. The number of aromatic nitrogens is 3. The second-order valence-corrected chi connectivity index (χ2v) is 5.09. The molecule has 0 fully saturated rings. The summed E-state index contributed by atoms with van der Waals surface area (Å²) in [5, 5.41) is 4.09. The predicted molar refractivity (Wildman–Crippen MR) is 79.1 cm³/mol. The van der Waals surface area contributed by atoms with Crippen molar-refractivity contribution in [3.8, 4) is 11.1 Å². The van der Waals surface area contributed by atoms with Crippen molar-refractivity contribution >= 4 is 11.5 Å². The van der Waals surface area contributed by atoms with Crippen molar-refractivity contribution in [2.45, 2.75) is 12.6 Å². The summed E-state index contributed by atoms with van der Waals surface area (Å²) in [6.07, 6.45) is 0.627. The van der Waals surface area contributed by atoms with Gasteiger partial charge in [-0.05, 0) is 29.3 Å². The van der Waals surface area contributed by atoms with Gasteiger partial charge in [-0.1, -0.05) is 0 Å². The first kappa shape index (κ1) is 16.0. The molecule has 3 aromatic heterocycles. The molecule has 0 aliphatic heterocycles. The Morgan fingerprint density at radius 1 is 1.29 bits per heavy atom. The molecule has 0 radical (unpaired) electrons. The van der Waals surface area contributed by atoms with Gasteiger partial charge in [-0.2, -0.15) is 18.3 Å². The molecule has 0 aliphatic rings. The summed E-state index contributed by atoms with van der Waals surface area (Å²) in [5.41, 5.74) is 0.687. The van der Waals surface area contributed by atoms with E-state index >= 15 is 0 Å². The van der Waals surface area contributed by atoms with Crippen LogP contribution in [0.5, 0.6) is 0 Å². The molecule has 0 spiro atoms. The molecule has 0 saturated heterocycles. The summed E-state index contributed by atoms with van der Waals surface area (Å²) in [7, 11) is 1.27. The number of rotatable bonds is 3. The third kappa shape index (κ3) is 2.94. The molecule has 124 valence electrons. The van der Waals surface area contributed by atoms with Crippen molar-refractivity contribution in [3.63, 3.8) is 0 Å². The first-order chi connectivity index (χ1) is 11.4. The van der Waals surface area contributed by atoms with Gasteiger partial charge in [0.05, 0.1) is 30.8 Å². The molecule has 0 aliphatic carbocycles. The van der Waals surface area contributed by atoms with Gasteiger partial charge in [0, 0.05) is 24.2 Å². The number of fused-ring (bicyclic) bond motifs is 1. The smallest absolute Gasteiger partial charge is 0.418 e. The molecule has 24 heavy (non-hydrogen) atoms. The molecule has 8 heteroatoms. The van der Waals surface area contributed by atoms with Crippen molar-refractivity contribution in [2.24, 2.45) is 0 Å². The third-order valence-electron chi connectivity index (χ3n) is 3.60. The number of carbonyl (C=O) groups excluding carboxylic acids is 1. The number of esters is 1. The highest BCUT2D eigenvalue weighted by Crippen LogP contribution is 2.36. The Bertz CT molecular complexity index is 903. The van der Waals surface area contributed by atoms with Crippen molar-refractivity contribution in [1.82, 2.24) is 14.6 Å². The predicted octanol–water partition coefficient (Wildman–Crippen LogP) is 3.13. The van der Waals surface area contributed by atoms with Crippen LogP contribution in [0.4, 0.5) is 13.2 Å². The van der Waals surface area contributed by atoms with E-state index < -0.39 is 17.7 Å². The molecule has 0 atom stereocenters. The Balaban J connectivity index is 2.12. The maximum atomic E-state index is 13.2. The quantitative estimate of drug-likeness (QED) is 0.690. The molecule has 0 saturated carbocycles. The Morgan fingerprint density at radius 2 is 2.08 bits per heavy atom. The number of hydrogen-bond acceptors (Lipinski definition) is 4. The highest BCUT2D eigenvalue weighted by Gasteiger charge is 2.34. The molecule has 0 N–H and O–H groups in total. The van der Waals surface area contributed by atoms with E-state index in [4.69, 9.17) is 0 Å². The number of ether oxygens (including phenoxy) is 1. The van der Waals surface area contributed by atoms with Crippen LogP contribution >= 0.6 is 0 Å². The molecular formula is C16H12F3N3O2. The minimum absolute atomic E-state index is 0.00801. The zero-order valence-electron chi connectivity index (χ0n) is 12.5. The fourth-order valence-electron chi connectivity index (χ4n) is 2.43. The zero-order chi connectivity index (χ0) is 17.3. The van der Waals surface area contributed by atoms with Crippen molar-refractivity contribution in [1.29, 1.82) is 0 Å². The van der Waals surface area contributed by atoms with Gasteiger partial charge in [-0.3, -0.25) is 9.78 Å². The van der Waals surface area contributed by atoms with Crippen LogP contribution in [0.15, 0.2) is 43.0 Å². The topological polar surface area (TPSA) is 56.5 Å². The number of nitrogens with zero attached hydrogens (tertiary/aromatic N) is 3. The van der Waals surface area contributed by atoms with Crippen LogP contribution in [-0.2, 0) is 22.1 Å². The van der Waals surface area contributed by atoms with Gasteiger partial charge in [0.25, 0.3) is 0 Å². The summed E-state index contributed by atoms with van der Waals surface area (Å²) in [6, 6.07) is 4.41. The molecule has 0 aromatic carbocycles. The lowest BCUT2D eigenvalue weighted by molar-refractivity contribution is -0.140. The summed E-state index contributed by atoms with van der Waals surface area (Å²) in [5.74, 6) is -0.449. The van der Waals surface area contributed by atoms with Crippen LogP contribution in [0.25, 0.3) is 16.6 Å². The normalized spacial score (nSPS) is 11.7. The zero-order valence-corrected chi connectivity index (χ0v) is 12.5. The van der Waals surface area contributed by atoms with E-state index in [-0.39, 0.29) is 12.0 Å². The number of alkyl halides is 3. The summed E-state index contributed by atoms with van der Waals surface area (Å²) >= 11 is 0. The van der Waals surface area contributed by atoms with Crippen molar-refractivity contribution in [3.05, 3.63) is 54.1 Å². The number of hydrogen-bond donors (Lipinski definition) is 0. The number of pyridine rings is 2. The first-order valence-electron chi connectivity index (χ1n) is 6.95. The number of halogens is 3. The van der Waals surface area contributed by atoms with Crippen molar-refractivity contribution < 1.29 is 22.7 Å². The Morgan fingerprint density at radius 3 is 2.79 bits per heavy atom. The number of carbonyl (C=O) groups is 1. The molecule has 3 aromatic rings. The van der Waals surface area contributed by atoms with E-state index in [0.717, 1.165) is 6.20 Å². The highest BCUT2D eigenvalue weighted by molar-refractivity contribution is 5.78. The Hall–Kier alpha value is -2.90. The Labute approximate surface area is 134 Å². The standard InChI is InChI=1S/C16H12F3N3O2/c1-24-15(23)7-11-8-21-22-5-3-10(6-14(11)22)12-2-4-20-9-13(12)16(17,18)19/h2-6,8-9H,7H2,1H3. The summed E-state index contributed by atoms with van der Waals surface area (Å²) in [6.45, 7) is 0. The van der Waals surface area contributed by atoms with Gasteiger partial charge in [0.1, 0.15) is 0 Å². The van der Waals surface area contributed by atoms with E-state index in [1.54, 1.807) is 12.3 Å². The second kappa shape index (κ2) is 5.95. The largest absolute Gasteiger partial charge is 0.469 e. The fourth-order valence-corrected chi connectivity index (χ4v) is 2.43. The van der Waals surface area contributed by atoms with E-state index in [9.17, 15) is 18.0 Å². The SMILES string of the molecule is COC(=O)Cc1cnn2ccc(-c3ccncc3C(F)(F)F)cc12. The maximum Gasteiger partial charge on any atom is 0.418 e. The van der Waals surface area contributed by atoms with Crippen LogP contribution in [0.3, 0.4) is 0 Å². The first-order valence-corrected chi connectivity index (χ1v) is 6.95. The molecular weight excluding hydrogens is 323 g/mol. The molecule has 5 nitrogen and oxygen atoms in total. The van der Waals surface area contributed by atoms with E-state index in [2.05, 4.69) is 14.8 Å². The average Bonchev–Trinajstić information content (AvgIpc) is 2.96. The van der Waals surface area contributed by atoms with Gasteiger partial charge < -0.3 is 4.74 Å². The van der Waals surface area contributed by atoms with E-state index in [0.29, 0.717) is 16.6 Å². The van der Waals surface area contributed by atoms with Crippen LogP contribution in [0, 0.1) is 0 Å². The minimum atomic E-state index is -4.51. The summed E-state index contributed by atoms with van der Waals surface area (Å²) < 4.78 is 45.6. The summed E-state index contributed by atoms with van der Waals surface area (Å²) in [4.78, 5) is 15.0. The van der Waals surface area contributed by atoms with Crippen LogP contribution in [-0.4, -0.2) is 27.7 Å². The van der Waals surface area contributed by atoms with Crippen LogP contribution < -0.4 is 0 Å². The Kier molecular flexibility index (Phi) is 3.96. The lowest BCUT2D eigenvalue weighted by Gasteiger charge is -2.12. The molecule has 0 bridgehead atoms. The highest BCUT2D eigenvalue weighted by atomic mass is 19.4. The third-order valence-corrected chi connectivity index (χ3v) is 3.60. The molecule has 3 heterocycles.